The van der Waals surface area contributed by atoms with Crippen LogP contribution in [0.5, 0.6) is 11.6 Å². The van der Waals surface area contributed by atoms with Crippen LogP contribution in [0.3, 0.4) is 0 Å². The summed E-state index contributed by atoms with van der Waals surface area (Å²) in [5.41, 5.74) is 5.96. The number of halogens is 3. The number of carbonyl (C=O) groups is 1. The van der Waals surface area contributed by atoms with Crippen molar-refractivity contribution in [3.63, 3.8) is 0 Å². The van der Waals surface area contributed by atoms with Gasteiger partial charge in [0.1, 0.15) is 11.4 Å². The van der Waals surface area contributed by atoms with Crippen LogP contribution in [-0.2, 0) is 12.7 Å². The number of aromatic nitrogens is 1. The molecule has 0 atom stereocenters. The lowest BCUT2D eigenvalue weighted by Gasteiger charge is -2.11. The SMILES string of the molecule is CC.CC.NCc1cc(Oc2cccc(C(=O)NO)c2)nc(C(F)(F)F)c1. The van der Waals surface area contributed by atoms with E-state index in [2.05, 4.69) is 4.98 Å². The van der Waals surface area contributed by atoms with E-state index < -0.39 is 17.8 Å². The highest BCUT2D eigenvalue weighted by Crippen LogP contribution is 2.31. The van der Waals surface area contributed by atoms with Crippen molar-refractivity contribution in [2.75, 3.05) is 0 Å². The third kappa shape index (κ3) is 7.63. The fourth-order valence-corrected chi connectivity index (χ4v) is 1.76. The van der Waals surface area contributed by atoms with Gasteiger partial charge in [-0.25, -0.2) is 10.5 Å². The van der Waals surface area contributed by atoms with Crippen molar-refractivity contribution in [1.82, 2.24) is 10.5 Å². The molecule has 2 rings (SSSR count). The summed E-state index contributed by atoms with van der Waals surface area (Å²) in [7, 11) is 0. The van der Waals surface area contributed by atoms with Gasteiger partial charge in [-0.3, -0.25) is 10.0 Å². The van der Waals surface area contributed by atoms with E-state index >= 15 is 0 Å². The third-order valence-corrected chi connectivity index (χ3v) is 2.81. The highest BCUT2D eigenvalue weighted by atomic mass is 19.4. The number of amides is 1. The van der Waals surface area contributed by atoms with E-state index in [-0.39, 0.29) is 29.3 Å². The molecule has 1 heterocycles. The van der Waals surface area contributed by atoms with Crippen molar-refractivity contribution in [2.45, 2.75) is 40.4 Å². The van der Waals surface area contributed by atoms with E-state index in [0.717, 1.165) is 6.07 Å². The summed E-state index contributed by atoms with van der Waals surface area (Å²) in [5.74, 6) is -1.00. The molecule has 9 heteroatoms. The molecule has 0 radical (unpaired) electrons. The lowest BCUT2D eigenvalue weighted by molar-refractivity contribution is -0.141. The maximum absolute atomic E-state index is 12.8. The van der Waals surface area contributed by atoms with E-state index in [1.54, 1.807) is 0 Å². The van der Waals surface area contributed by atoms with Gasteiger partial charge in [-0.2, -0.15) is 13.2 Å². The first-order valence-corrected chi connectivity index (χ1v) is 8.34. The molecule has 6 nitrogen and oxygen atoms in total. The van der Waals surface area contributed by atoms with Crippen LogP contribution in [0.2, 0.25) is 0 Å². The maximum Gasteiger partial charge on any atom is 0.433 e. The van der Waals surface area contributed by atoms with Gasteiger partial charge >= 0.3 is 6.18 Å². The zero-order valence-electron chi connectivity index (χ0n) is 15.6. The van der Waals surface area contributed by atoms with Gasteiger partial charge in [-0.05, 0) is 29.8 Å². The Bertz CT molecular complexity index is 722. The number of benzene rings is 1. The summed E-state index contributed by atoms with van der Waals surface area (Å²) in [5, 5.41) is 8.57. The third-order valence-electron chi connectivity index (χ3n) is 2.81. The van der Waals surface area contributed by atoms with Crippen LogP contribution in [-0.4, -0.2) is 16.1 Å². The van der Waals surface area contributed by atoms with Crippen molar-refractivity contribution in [2.24, 2.45) is 5.73 Å². The van der Waals surface area contributed by atoms with Crippen LogP contribution in [0.25, 0.3) is 0 Å². The second-order valence-corrected chi connectivity index (χ2v) is 4.47. The minimum atomic E-state index is -4.64. The van der Waals surface area contributed by atoms with E-state index in [4.69, 9.17) is 15.7 Å². The first-order chi connectivity index (χ1) is 12.8. The standard InChI is InChI=1S/C14H12F3N3O3.2C2H6/c15-14(16,17)11-4-8(7-18)5-12(19-11)23-10-3-1-2-9(6-10)13(21)20-22;2*1-2/h1-6,22H,7,18H2,(H,20,21);2*1-2H3. The number of hydrogen-bond donors (Lipinski definition) is 3. The Kier molecular flexibility index (Phi) is 10.7. The Morgan fingerprint density at radius 1 is 1.19 bits per heavy atom. The van der Waals surface area contributed by atoms with Crippen LogP contribution < -0.4 is 16.0 Å². The van der Waals surface area contributed by atoms with Crippen molar-refractivity contribution in [3.8, 4) is 11.6 Å². The van der Waals surface area contributed by atoms with Gasteiger partial charge in [0, 0.05) is 18.2 Å². The molecule has 1 aromatic heterocycles. The lowest BCUT2D eigenvalue weighted by atomic mass is 10.2. The van der Waals surface area contributed by atoms with Crippen molar-refractivity contribution >= 4 is 5.91 Å². The van der Waals surface area contributed by atoms with E-state index in [1.807, 2.05) is 27.7 Å². The number of nitrogens with zero attached hydrogens (tertiary/aromatic N) is 1. The minimum Gasteiger partial charge on any atom is -0.439 e. The highest BCUT2D eigenvalue weighted by molar-refractivity contribution is 5.93. The molecule has 0 aliphatic carbocycles. The van der Waals surface area contributed by atoms with Crippen LogP contribution >= 0.6 is 0 Å². The molecular weight excluding hydrogens is 363 g/mol. The van der Waals surface area contributed by atoms with Crippen LogP contribution in [0, 0.1) is 0 Å². The molecule has 4 N–H and O–H groups in total. The zero-order valence-corrected chi connectivity index (χ0v) is 15.6. The Hall–Kier alpha value is -2.65. The summed E-state index contributed by atoms with van der Waals surface area (Å²) in [6.07, 6.45) is -4.64. The van der Waals surface area contributed by atoms with Gasteiger partial charge in [0.25, 0.3) is 5.91 Å². The number of nitrogens with two attached hydrogens (primary N) is 1. The number of pyridine rings is 1. The summed E-state index contributed by atoms with van der Waals surface area (Å²) in [6.45, 7) is 7.88. The summed E-state index contributed by atoms with van der Waals surface area (Å²) < 4.78 is 43.7. The first kappa shape index (κ1) is 24.4. The number of rotatable bonds is 4. The van der Waals surface area contributed by atoms with Crippen LogP contribution in [0.1, 0.15) is 49.3 Å². The number of ether oxygens (including phenoxy) is 1. The fraction of sp³-hybridized carbons (Fsp3) is 0.333. The smallest absolute Gasteiger partial charge is 0.433 e. The molecule has 0 fully saturated rings. The van der Waals surface area contributed by atoms with Gasteiger partial charge in [0.05, 0.1) is 0 Å². The molecule has 1 amide bonds. The van der Waals surface area contributed by atoms with Crippen molar-refractivity contribution in [3.05, 3.63) is 53.2 Å². The van der Waals surface area contributed by atoms with E-state index in [0.29, 0.717) is 0 Å². The number of nitrogens with one attached hydrogen (secondary N) is 1. The monoisotopic (exact) mass is 387 g/mol. The second-order valence-electron chi connectivity index (χ2n) is 4.47. The molecule has 0 aliphatic rings. The maximum atomic E-state index is 12.8. The topological polar surface area (TPSA) is 97.5 Å². The second kappa shape index (κ2) is 11.9. The van der Waals surface area contributed by atoms with Gasteiger partial charge in [0.15, 0.2) is 0 Å². The molecule has 0 spiro atoms. The number of alkyl halides is 3. The average Bonchev–Trinajstić information content (AvgIpc) is 2.69. The predicted molar refractivity (Wildman–Crippen MR) is 95.6 cm³/mol. The number of hydroxylamine groups is 1. The number of hydrogen-bond acceptors (Lipinski definition) is 5. The van der Waals surface area contributed by atoms with Gasteiger partial charge in [0.2, 0.25) is 5.88 Å². The summed E-state index contributed by atoms with van der Waals surface area (Å²) in [6, 6.07) is 7.62. The molecular formula is C18H24F3N3O3. The molecule has 1 aromatic carbocycles. The highest BCUT2D eigenvalue weighted by Gasteiger charge is 2.33. The molecule has 0 saturated carbocycles. The average molecular weight is 387 g/mol. The minimum absolute atomic E-state index is 0.0658. The fourth-order valence-electron chi connectivity index (χ4n) is 1.76. The van der Waals surface area contributed by atoms with Crippen molar-refractivity contribution < 1.29 is 27.9 Å². The van der Waals surface area contributed by atoms with Gasteiger partial charge in [-0.1, -0.05) is 33.8 Å². The lowest BCUT2D eigenvalue weighted by Crippen LogP contribution is -2.18. The molecule has 0 bridgehead atoms. The zero-order chi connectivity index (χ0) is 21.0. The van der Waals surface area contributed by atoms with Crippen LogP contribution in [0.15, 0.2) is 36.4 Å². The predicted octanol–water partition coefficient (Wildman–Crippen LogP) is 4.52. The summed E-state index contributed by atoms with van der Waals surface area (Å²) in [4.78, 5) is 14.7. The normalized spacial score (nSPS) is 9.96. The largest absolute Gasteiger partial charge is 0.439 e. The molecule has 0 aliphatic heterocycles. The number of carbonyl (C=O) groups excluding carboxylic acids is 1. The van der Waals surface area contributed by atoms with E-state index in [1.165, 1.54) is 35.8 Å². The Labute approximate surface area is 156 Å². The Morgan fingerprint density at radius 3 is 2.33 bits per heavy atom. The first-order valence-electron chi connectivity index (χ1n) is 8.34. The molecule has 150 valence electrons. The quantitative estimate of drug-likeness (QED) is 0.529. The molecule has 0 saturated heterocycles. The summed E-state index contributed by atoms with van der Waals surface area (Å²) >= 11 is 0. The molecule has 27 heavy (non-hydrogen) atoms. The van der Waals surface area contributed by atoms with Crippen molar-refractivity contribution in [1.29, 1.82) is 0 Å². The molecule has 0 unspecified atom stereocenters. The van der Waals surface area contributed by atoms with E-state index in [9.17, 15) is 18.0 Å². The Morgan fingerprint density at radius 2 is 1.81 bits per heavy atom. The molecule has 2 aromatic rings. The van der Waals surface area contributed by atoms with Gasteiger partial charge < -0.3 is 10.5 Å². The van der Waals surface area contributed by atoms with Crippen LogP contribution in [0.4, 0.5) is 13.2 Å². The Balaban J connectivity index is 0.00000158. The van der Waals surface area contributed by atoms with Gasteiger partial charge in [-0.15, -0.1) is 0 Å².